The number of rotatable bonds is 3. The summed E-state index contributed by atoms with van der Waals surface area (Å²) in [6.07, 6.45) is 3.62. The fourth-order valence-electron chi connectivity index (χ4n) is 2.36. The zero-order valence-electron chi connectivity index (χ0n) is 10.9. The van der Waals surface area contributed by atoms with Crippen LogP contribution in [0, 0.1) is 0 Å². The predicted octanol–water partition coefficient (Wildman–Crippen LogP) is 6.24. The van der Waals surface area contributed by atoms with Crippen molar-refractivity contribution in [2.45, 2.75) is 43.5 Å². The third-order valence-electron chi connectivity index (χ3n) is 3.26. The van der Waals surface area contributed by atoms with Crippen molar-refractivity contribution in [3.8, 4) is 0 Å². The Balaban J connectivity index is 2.58. The highest BCUT2D eigenvalue weighted by Crippen LogP contribution is 2.80. The Morgan fingerprint density at radius 1 is 1.21 bits per heavy atom. The van der Waals surface area contributed by atoms with E-state index in [-0.39, 0.29) is 4.90 Å². The van der Waals surface area contributed by atoms with E-state index in [9.17, 15) is 13.2 Å². The Labute approximate surface area is 117 Å². The van der Waals surface area contributed by atoms with E-state index >= 15 is 0 Å². The lowest BCUT2D eigenvalue weighted by molar-refractivity contribution is -0.0359. The van der Waals surface area contributed by atoms with Crippen LogP contribution in [0.15, 0.2) is 28.0 Å². The third kappa shape index (κ3) is 2.29. The van der Waals surface area contributed by atoms with Crippen LogP contribution in [0.5, 0.6) is 0 Å². The molecule has 1 aliphatic rings. The summed E-state index contributed by atoms with van der Waals surface area (Å²) in [7, 11) is 2.73. The van der Waals surface area contributed by atoms with E-state index in [1.165, 1.54) is 0 Å². The maximum atomic E-state index is 13.4. The minimum Gasteiger partial charge on any atom is -0.160 e. The van der Waals surface area contributed by atoms with Crippen LogP contribution in [0.4, 0.5) is 13.2 Å². The van der Waals surface area contributed by atoms with Crippen molar-refractivity contribution >= 4 is 26.0 Å². The van der Waals surface area contributed by atoms with Crippen LogP contribution in [0.3, 0.4) is 0 Å². The topological polar surface area (TPSA) is 0 Å². The molecule has 0 amide bonds. The molecule has 1 aromatic rings. The Hall–Kier alpha value is -0.610. The van der Waals surface area contributed by atoms with Crippen LogP contribution >= 0.6 is 19.9 Å². The van der Waals surface area contributed by atoms with Crippen LogP contribution in [0.1, 0.15) is 37.8 Å². The molecule has 1 unspecified atom stereocenters. The summed E-state index contributed by atoms with van der Waals surface area (Å²) < 4.78 is 40.3. The van der Waals surface area contributed by atoms with Crippen LogP contribution in [-0.4, -0.2) is 5.51 Å². The molecule has 1 atom stereocenters. The van der Waals surface area contributed by atoms with Gasteiger partial charge >= 0.3 is 5.51 Å². The number of hydrogen-bond acceptors (Lipinski definition) is 0. The molecule has 0 aliphatic carbocycles. The van der Waals surface area contributed by atoms with E-state index in [1.807, 2.05) is 13.0 Å². The Morgan fingerprint density at radius 2 is 1.89 bits per heavy atom. The normalized spacial score (nSPS) is 25.7. The van der Waals surface area contributed by atoms with E-state index in [1.54, 1.807) is 25.1 Å². The maximum Gasteiger partial charge on any atom is 0.445 e. The van der Waals surface area contributed by atoms with E-state index in [2.05, 4.69) is 0 Å². The van der Waals surface area contributed by atoms with Crippen molar-refractivity contribution in [1.82, 2.24) is 0 Å². The van der Waals surface area contributed by atoms with Gasteiger partial charge < -0.3 is 0 Å². The number of alkyl halides is 3. The number of benzene rings is 1. The first-order chi connectivity index (χ1) is 8.84. The Morgan fingerprint density at radius 3 is 2.42 bits per heavy atom. The van der Waals surface area contributed by atoms with Crippen LogP contribution < -0.4 is 0 Å². The lowest BCUT2D eigenvalue weighted by Gasteiger charge is -2.34. The second kappa shape index (κ2) is 5.06. The molecule has 106 valence electrons. The van der Waals surface area contributed by atoms with E-state index in [4.69, 9.17) is 10.7 Å². The lowest BCUT2D eigenvalue weighted by Crippen LogP contribution is -2.16. The predicted molar refractivity (Wildman–Crippen MR) is 76.5 cm³/mol. The Kier molecular flexibility index (Phi) is 3.94. The smallest absolute Gasteiger partial charge is 0.160 e. The van der Waals surface area contributed by atoms with E-state index in [0.29, 0.717) is 16.9 Å². The fraction of sp³-hybridized carbons (Fsp3) is 0.429. The third-order valence-corrected chi connectivity index (χ3v) is 7.61. The van der Waals surface area contributed by atoms with Crippen molar-refractivity contribution in [3.05, 3.63) is 34.2 Å². The molecule has 1 heterocycles. The van der Waals surface area contributed by atoms with Crippen molar-refractivity contribution < 1.29 is 13.2 Å². The van der Waals surface area contributed by atoms with E-state index in [0.717, 1.165) is 18.4 Å². The number of aryl methyl sites for hydroxylation is 1. The molecule has 0 nitrogen and oxygen atoms in total. The van der Waals surface area contributed by atoms with Crippen LogP contribution in [-0.2, 0) is 6.42 Å². The first kappa shape index (κ1) is 14.8. The average molecular weight is 309 g/mol. The van der Waals surface area contributed by atoms with Gasteiger partial charge in [0.25, 0.3) is 0 Å². The van der Waals surface area contributed by atoms with Gasteiger partial charge in [0, 0.05) is 4.90 Å². The zero-order valence-corrected chi connectivity index (χ0v) is 12.4. The number of halogens is 4. The molecule has 5 heteroatoms. The molecule has 0 aromatic heterocycles. The van der Waals surface area contributed by atoms with Gasteiger partial charge in [-0.3, -0.25) is 0 Å². The summed E-state index contributed by atoms with van der Waals surface area (Å²) >= 11 is 0. The van der Waals surface area contributed by atoms with Gasteiger partial charge in [-0.25, -0.2) is 0 Å². The summed E-state index contributed by atoms with van der Waals surface area (Å²) in [5.41, 5.74) is -2.85. The molecular formula is C14H16ClF3S. The van der Waals surface area contributed by atoms with Crippen molar-refractivity contribution in [2.24, 2.45) is 0 Å². The van der Waals surface area contributed by atoms with Crippen molar-refractivity contribution in [3.63, 3.8) is 0 Å². The first-order valence-corrected chi connectivity index (χ1v) is 8.73. The summed E-state index contributed by atoms with van der Waals surface area (Å²) in [6, 6.07) is 5.30. The van der Waals surface area contributed by atoms with Gasteiger partial charge in [-0.2, -0.15) is 13.2 Å². The first-order valence-electron chi connectivity index (χ1n) is 6.27. The van der Waals surface area contributed by atoms with Gasteiger partial charge in [0.1, 0.15) is 0 Å². The van der Waals surface area contributed by atoms with Crippen molar-refractivity contribution in [2.75, 3.05) is 0 Å². The molecule has 0 bridgehead atoms. The standard InChI is InChI=1S/C14H16ClF3S/c1-3-5-10-6-7-11-9-12(4-2)19(15,13(11)8-10)14(16,17)18/h6-9H,3-5H2,1-2H3. The molecule has 0 fully saturated rings. The fourth-order valence-corrected chi connectivity index (χ4v) is 5.50. The van der Waals surface area contributed by atoms with Crippen LogP contribution in [0.2, 0.25) is 0 Å². The minimum atomic E-state index is -4.40. The van der Waals surface area contributed by atoms with Gasteiger partial charge in [0.05, 0.1) is 0 Å². The SMILES string of the molecule is CCCc1ccc2c(c1)S(Cl)(C(F)(F)F)C(CC)=C2. The molecule has 1 aromatic carbocycles. The van der Waals surface area contributed by atoms with Gasteiger partial charge in [-0.05, 0) is 60.9 Å². The molecule has 0 N–H and O–H groups in total. The average Bonchev–Trinajstić information content (AvgIpc) is 2.63. The molecule has 19 heavy (non-hydrogen) atoms. The monoisotopic (exact) mass is 308 g/mol. The zero-order chi connectivity index (χ0) is 14.3. The Bertz CT molecular complexity index is 522. The molecule has 1 aliphatic heterocycles. The van der Waals surface area contributed by atoms with E-state index < -0.39 is 14.7 Å². The number of allylic oxidation sites excluding steroid dienone is 1. The molecule has 0 saturated carbocycles. The van der Waals surface area contributed by atoms with Gasteiger partial charge in [0.2, 0.25) is 0 Å². The van der Waals surface area contributed by atoms with Gasteiger partial charge in [0.15, 0.2) is 0 Å². The molecular weight excluding hydrogens is 293 g/mol. The molecule has 0 spiro atoms. The van der Waals surface area contributed by atoms with Crippen molar-refractivity contribution in [1.29, 1.82) is 0 Å². The highest BCUT2D eigenvalue weighted by atomic mass is 35.7. The van der Waals surface area contributed by atoms with Gasteiger partial charge in [-0.15, -0.1) is 0 Å². The second-order valence-electron chi connectivity index (χ2n) is 4.57. The number of hydrogen-bond donors (Lipinski definition) is 0. The highest BCUT2D eigenvalue weighted by Gasteiger charge is 2.55. The highest BCUT2D eigenvalue weighted by molar-refractivity contribution is 8.54. The maximum absolute atomic E-state index is 13.4. The molecule has 2 rings (SSSR count). The minimum absolute atomic E-state index is 0.268. The quantitative estimate of drug-likeness (QED) is 0.620. The largest absolute Gasteiger partial charge is 0.445 e. The second-order valence-corrected chi connectivity index (χ2v) is 8.46. The summed E-state index contributed by atoms with van der Waals surface area (Å²) in [4.78, 5) is 0.579. The van der Waals surface area contributed by atoms with Gasteiger partial charge in [-0.1, -0.05) is 32.4 Å². The van der Waals surface area contributed by atoms with Crippen LogP contribution in [0.25, 0.3) is 6.08 Å². The summed E-state index contributed by atoms with van der Waals surface area (Å²) in [5, 5.41) is 0. The lowest BCUT2D eigenvalue weighted by atomic mass is 10.1. The molecule has 0 radical (unpaired) electrons. The molecule has 0 saturated heterocycles. The summed E-state index contributed by atoms with van der Waals surface area (Å²) in [5.74, 6) is 0. The number of fused-ring (bicyclic) bond motifs is 1. The summed E-state index contributed by atoms with van der Waals surface area (Å²) in [6.45, 7) is 3.73.